The molecule has 0 unspecified atom stereocenters. The lowest BCUT2D eigenvalue weighted by atomic mass is 10.0. The highest BCUT2D eigenvalue weighted by Crippen LogP contribution is 2.23. The molecule has 0 atom stereocenters. The predicted octanol–water partition coefficient (Wildman–Crippen LogP) is 5.30. The second kappa shape index (κ2) is 8.05. The first kappa shape index (κ1) is 19.3. The van der Waals surface area contributed by atoms with E-state index in [4.69, 9.17) is 0 Å². The minimum Gasteiger partial charge on any atom is -0.313 e. The quantitative estimate of drug-likeness (QED) is 0.555. The van der Waals surface area contributed by atoms with Crippen LogP contribution in [0.3, 0.4) is 0 Å². The highest BCUT2D eigenvalue weighted by Gasteiger charge is 2.10. The van der Waals surface area contributed by atoms with Crippen LogP contribution in [0.2, 0.25) is 0 Å². The van der Waals surface area contributed by atoms with Gasteiger partial charge in [0, 0.05) is 6.54 Å². The molecule has 0 spiro atoms. The van der Waals surface area contributed by atoms with Crippen LogP contribution in [0.1, 0.15) is 42.0 Å². The molecular formula is C23H26N2OS. The van der Waals surface area contributed by atoms with Crippen molar-refractivity contribution in [3.05, 3.63) is 76.1 Å². The molecule has 0 aliphatic heterocycles. The molecule has 140 valence electrons. The molecule has 1 amide bonds. The zero-order chi connectivity index (χ0) is 19.6. The fourth-order valence-electron chi connectivity index (χ4n) is 3.14. The molecule has 2 aromatic carbocycles. The molecule has 3 nitrogen and oxygen atoms in total. The van der Waals surface area contributed by atoms with Gasteiger partial charge in [-0.1, -0.05) is 61.1 Å². The Hall–Kier alpha value is -2.46. The number of allylic oxidation sites excluding steroid dienone is 1. The highest BCUT2D eigenvalue weighted by molar-refractivity contribution is 7.16. The molecule has 27 heavy (non-hydrogen) atoms. The predicted molar refractivity (Wildman–Crippen MR) is 114 cm³/mol. The summed E-state index contributed by atoms with van der Waals surface area (Å²) in [5.74, 6) is 0.354. The smallest absolute Gasteiger partial charge is 0.252 e. The molecule has 0 radical (unpaired) electrons. The zero-order valence-corrected chi connectivity index (χ0v) is 17.3. The number of carbonyl (C=O) groups excluding carboxylic acids is 1. The van der Waals surface area contributed by atoms with Gasteiger partial charge in [0.05, 0.1) is 16.6 Å². The molecule has 0 aliphatic carbocycles. The standard InChI is InChI=1S/C23H26N2OS/c1-6-11-25-20-10-9-18(15(2)3)13-21(20)27-23(25)24-22(26)14-19-12-16(4)7-8-17(19)5/h6-10,12-13,15H,1,11,14H2,2-5H3. The van der Waals surface area contributed by atoms with Gasteiger partial charge in [0.2, 0.25) is 0 Å². The molecule has 1 aromatic heterocycles. The third-order valence-electron chi connectivity index (χ3n) is 4.75. The average Bonchev–Trinajstić information content (AvgIpc) is 2.95. The van der Waals surface area contributed by atoms with Crippen molar-refractivity contribution in [1.82, 2.24) is 4.57 Å². The van der Waals surface area contributed by atoms with Crippen molar-refractivity contribution in [2.45, 2.75) is 46.6 Å². The Bertz CT molecular complexity index is 1070. The topological polar surface area (TPSA) is 34.4 Å². The second-order valence-electron chi connectivity index (χ2n) is 7.28. The van der Waals surface area contributed by atoms with Gasteiger partial charge in [-0.3, -0.25) is 4.79 Å². The molecule has 0 aliphatic rings. The first-order valence-electron chi connectivity index (χ1n) is 9.27. The lowest BCUT2D eigenvalue weighted by molar-refractivity contribution is -0.117. The van der Waals surface area contributed by atoms with Crippen molar-refractivity contribution in [2.75, 3.05) is 0 Å². The maximum atomic E-state index is 12.7. The van der Waals surface area contributed by atoms with Crippen LogP contribution in [0.15, 0.2) is 54.0 Å². The van der Waals surface area contributed by atoms with Crippen molar-refractivity contribution in [3.63, 3.8) is 0 Å². The van der Waals surface area contributed by atoms with E-state index in [1.54, 1.807) is 11.3 Å². The fraction of sp³-hybridized carbons (Fsp3) is 0.304. The molecule has 0 N–H and O–H groups in total. The Kier molecular flexibility index (Phi) is 5.76. The molecular weight excluding hydrogens is 352 g/mol. The number of benzene rings is 2. The van der Waals surface area contributed by atoms with Gasteiger partial charge in [0.1, 0.15) is 0 Å². The largest absolute Gasteiger partial charge is 0.313 e. The minimum absolute atomic E-state index is 0.114. The van der Waals surface area contributed by atoms with Crippen LogP contribution in [0.25, 0.3) is 10.2 Å². The molecule has 0 fully saturated rings. The number of nitrogens with zero attached hydrogens (tertiary/aromatic N) is 2. The van der Waals surface area contributed by atoms with Gasteiger partial charge in [-0.25, -0.2) is 0 Å². The Morgan fingerprint density at radius 1 is 1.22 bits per heavy atom. The van der Waals surface area contributed by atoms with E-state index in [0.717, 1.165) is 31.7 Å². The van der Waals surface area contributed by atoms with Gasteiger partial charge in [-0.2, -0.15) is 4.99 Å². The summed E-state index contributed by atoms with van der Waals surface area (Å²) < 4.78 is 3.22. The summed E-state index contributed by atoms with van der Waals surface area (Å²) in [6, 6.07) is 12.7. The van der Waals surface area contributed by atoms with E-state index in [1.165, 1.54) is 5.56 Å². The average molecular weight is 379 g/mol. The summed E-state index contributed by atoms with van der Waals surface area (Å²) in [7, 11) is 0. The Morgan fingerprint density at radius 2 is 2.00 bits per heavy atom. The number of hydrogen-bond donors (Lipinski definition) is 0. The van der Waals surface area contributed by atoms with Crippen LogP contribution in [-0.4, -0.2) is 10.5 Å². The maximum Gasteiger partial charge on any atom is 0.252 e. The number of carbonyl (C=O) groups is 1. The summed E-state index contributed by atoms with van der Waals surface area (Å²) in [5.41, 5.74) is 5.72. The van der Waals surface area contributed by atoms with E-state index in [9.17, 15) is 4.79 Å². The summed E-state index contributed by atoms with van der Waals surface area (Å²) in [4.78, 5) is 17.8. The van der Waals surface area contributed by atoms with E-state index < -0.39 is 0 Å². The first-order chi connectivity index (χ1) is 12.9. The van der Waals surface area contributed by atoms with Crippen molar-refractivity contribution in [2.24, 2.45) is 4.99 Å². The number of rotatable bonds is 5. The molecule has 0 bridgehead atoms. The number of hydrogen-bond acceptors (Lipinski definition) is 2. The van der Waals surface area contributed by atoms with Crippen molar-refractivity contribution in [3.8, 4) is 0 Å². The number of thiazole rings is 1. The van der Waals surface area contributed by atoms with Gasteiger partial charge in [0.15, 0.2) is 4.80 Å². The van der Waals surface area contributed by atoms with Gasteiger partial charge in [-0.15, -0.1) is 6.58 Å². The summed E-state index contributed by atoms with van der Waals surface area (Å²) >= 11 is 1.57. The van der Waals surface area contributed by atoms with Crippen LogP contribution >= 0.6 is 11.3 Å². The van der Waals surface area contributed by atoms with E-state index in [-0.39, 0.29) is 5.91 Å². The van der Waals surface area contributed by atoms with Crippen LogP contribution in [0, 0.1) is 13.8 Å². The van der Waals surface area contributed by atoms with Gasteiger partial charge >= 0.3 is 0 Å². The maximum absolute atomic E-state index is 12.7. The van der Waals surface area contributed by atoms with Gasteiger partial charge in [-0.05, 0) is 48.6 Å². The van der Waals surface area contributed by atoms with Crippen molar-refractivity contribution >= 4 is 27.5 Å². The highest BCUT2D eigenvalue weighted by atomic mass is 32.1. The Labute approximate surface area is 164 Å². The van der Waals surface area contributed by atoms with Crippen molar-refractivity contribution in [1.29, 1.82) is 0 Å². The minimum atomic E-state index is -0.114. The monoisotopic (exact) mass is 378 g/mol. The van der Waals surface area contributed by atoms with Gasteiger partial charge < -0.3 is 4.57 Å². The summed E-state index contributed by atoms with van der Waals surface area (Å²) in [5, 5.41) is 0. The van der Waals surface area contributed by atoms with Crippen LogP contribution in [0.4, 0.5) is 0 Å². The third kappa shape index (κ3) is 4.28. The van der Waals surface area contributed by atoms with E-state index in [1.807, 2.05) is 19.9 Å². The summed E-state index contributed by atoms with van der Waals surface area (Å²) in [6.45, 7) is 12.9. The number of aromatic nitrogens is 1. The molecule has 0 saturated heterocycles. The molecule has 1 heterocycles. The normalized spacial score (nSPS) is 12.1. The third-order valence-corrected chi connectivity index (χ3v) is 5.79. The summed E-state index contributed by atoms with van der Waals surface area (Å²) in [6.07, 6.45) is 2.17. The van der Waals surface area contributed by atoms with E-state index in [2.05, 4.69) is 66.4 Å². The Balaban J connectivity index is 2.03. The SMILES string of the molecule is C=CCn1c(=NC(=O)Cc2cc(C)ccc2C)sc2cc(C(C)C)ccc21. The molecule has 0 saturated carbocycles. The van der Waals surface area contributed by atoms with Crippen molar-refractivity contribution < 1.29 is 4.79 Å². The fourth-order valence-corrected chi connectivity index (χ4v) is 4.24. The number of amides is 1. The van der Waals surface area contributed by atoms with E-state index >= 15 is 0 Å². The second-order valence-corrected chi connectivity index (χ2v) is 8.29. The number of fused-ring (bicyclic) bond motifs is 1. The first-order valence-corrected chi connectivity index (χ1v) is 10.1. The molecule has 3 aromatic rings. The lowest BCUT2D eigenvalue weighted by Gasteiger charge is -2.06. The lowest BCUT2D eigenvalue weighted by Crippen LogP contribution is -2.17. The zero-order valence-electron chi connectivity index (χ0n) is 16.5. The van der Waals surface area contributed by atoms with Crippen LogP contribution in [-0.2, 0) is 17.8 Å². The molecule has 3 rings (SSSR count). The Morgan fingerprint density at radius 3 is 2.70 bits per heavy atom. The van der Waals surface area contributed by atoms with Crippen LogP contribution in [0.5, 0.6) is 0 Å². The van der Waals surface area contributed by atoms with Crippen LogP contribution < -0.4 is 4.80 Å². The number of aryl methyl sites for hydroxylation is 2. The van der Waals surface area contributed by atoms with Gasteiger partial charge in [0.25, 0.3) is 5.91 Å². The molecule has 4 heteroatoms. The van der Waals surface area contributed by atoms with E-state index in [0.29, 0.717) is 18.9 Å².